The van der Waals surface area contributed by atoms with Crippen molar-refractivity contribution < 1.29 is 0 Å². The number of nitrogens with zero attached hydrogens (tertiary/aromatic N) is 1. The van der Waals surface area contributed by atoms with Gasteiger partial charge in [-0.3, -0.25) is 4.90 Å². The number of halogens is 1. The Bertz CT molecular complexity index is 361. The van der Waals surface area contributed by atoms with Gasteiger partial charge < -0.3 is 5.73 Å². The third-order valence-electron chi connectivity index (χ3n) is 2.78. The molecule has 1 rings (SSSR count). The second-order valence-electron chi connectivity index (χ2n) is 5.27. The minimum absolute atomic E-state index is 0.519. The zero-order valence-electron chi connectivity index (χ0n) is 11.2. The molecule has 0 fully saturated rings. The molecule has 0 saturated heterocycles. The van der Waals surface area contributed by atoms with Crippen molar-refractivity contribution in [3.8, 4) is 0 Å². The molecule has 1 aromatic carbocycles. The first-order valence-electron chi connectivity index (χ1n) is 6.18. The lowest BCUT2D eigenvalue weighted by atomic mass is 10.1. The van der Waals surface area contributed by atoms with Gasteiger partial charge in [0.2, 0.25) is 0 Å². The van der Waals surface area contributed by atoms with E-state index in [1.54, 1.807) is 0 Å². The highest BCUT2D eigenvalue weighted by molar-refractivity contribution is 6.31. The highest BCUT2D eigenvalue weighted by Crippen LogP contribution is 2.22. The van der Waals surface area contributed by atoms with E-state index in [1.807, 2.05) is 18.2 Å². The Balaban J connectivity index is 2.78. The van der Waals surface area contributed by atoms with E-state index in [1.165, 1.54) is 0 Å². The molecule has 3 heteroatoms. The monoisotopic (exact) mass is 254 g/mol. The van der Waals surface area contributed by atoms with Crippen LogP contribution in [0.4, 0.5) is 5.69 Å². The van der Waals surface area contributed by atoms with E-state index in [0.29, 0.717) is 12.0 Å². The fourth-order valence-electron chi connectivity index (χ4n) is 1.84. The average Bonchev–Trinajstić information content (AvgIpc) is 2.19. The standard InChI is InChI=1S/C14H23ClN2/c1-10(2)8-17(11(3)4)9-12-5-6-13(16)7-14(12)15/h5-7,10-11H,8-9,16H2,1-4H3. The van der Waals surface area contributed by atoms with Gasteiger partial charge in [0, 0.05) is 29.8 Å². The van der Waals surface area contributed by atoms with Gasteiger partial charge >= 0.3 is 0 Å². The predicted molar refractivity (Wildman–Crippen MR) is 76.2 cm³/mol. The van der Waals surface area contributed by atoms with E-state index in [2.05, 4.69) is 32.6 Å². The first kappa shape index (κ1) is 14.3. The van der Waals surface area contributed by atoms with Crippen molar-refractivity contribution >= 4 is 17.3 Å². The number of hydrogen-bond acceptors (Lipinski definition) is 2. The molecule has 2 nitrogen and oxygen atoms in total. The molecule has 17 heavy (non-hydrogen) atoms. The topological polar surface area (TPSA) is 29.3 Å². The van der Waals surface area contributed by atoms with Crippen LogP contribution in [0.1, 0.15) is 33.3 Å². The number of rotatable bonds is 5. The third kappa shape index (κ3) is 4.57. The van der Waals surface area contributed by atoms with E-state index in [4.69, 9.17) is 17.3 Å². The smallest absolute Gasteiger partial charge is 0.0471 e. The van der Waals surface area contributed by atoms with Crippen LogP contribution in [-0.2, 0) is 6.54 Å². The van der Waals surface area contributed by atoms with Crippen molar-refractivity contribution in [1.82, 2.24) is 4.90 Å². The maximum absolute atomic E-state index is 6.21. The minimum Gasteiger partial charge on any atom is -0.399 e. The normalized spacial score (nSPS) is 11.8. The molecular formula is C14H23ClN2. The maximum atomic E-state index is 6.21. The Morgan fingerprint density at radius 3 is 2.35 bits per heavy atom. The van der Waals surface area contributed by atoms with Gasteiger partial charge in [0.05, 0.1) is 0 Å². The summed E-state index contributed by atoms with van der Waals surface area (Å²) < 4.78 is 0. The highest BCUT2D eigenvalue weighted by atomic mass is 35.5. The van der Waals surface area contributed by atoms with Crippen molar-refractivity contribution in [3.05, 3.63) is 28.8 Å². The number of hydrogen-bond donors (Lipinski definition) is 1. The molecule has 0 amide bonds. The Morgan fingerprint density at radius 1 is 1.24 bits per heavy atom. The summed E-state index contributed by atoms with van der Waals surface area (Å²) in [7, 11) is 0. The van der Waals surface area contributed by atoms with E-state index in [9.17, 15) is 0 Å². The molecule has 0 aliphatic heterocycles. The number of nitrogens with two attached hydrogens (primary N) is 1. The number of nitrogen functional groups attached to an aromatic ring is 1. The molecule has 0 aromatic heterocycles. The number of benzene rings is 1. The largest absolute Gasteiger partial charge is 0.399 e. The van der Waals surface area contributed by atoms with Crippen LogP contribution in [0.2, 0.25) is 5.02 Å². The summed E-state index contributed by atoms with van der Waals surface area (Å²) in [6.07, 6.45) is 0. The molecule has 0 saturated carbocycles. The molecule has 0 aliphatic carbocycles. The lowest BCUT2D eigenvalue weighted by Crippen LogP contribution is -2.33. The van der Waals surface area contributed by atoms with Crippen LogP contribution in [-0.4, -0.2) is 17.5 Å². The van der Waals surface area contributed by atoms with Crippen LogP contribution in [0.25, 0.3) is 0 Å². The predicted octanol–water partition coefficient (Wildman–Crippen LogP) is 3.79. The van der Waals surface area contributed by atoms with Crippen molar-refractivity contribution in [2.45, 2.75) is 40.3 Å². The number of anilines is 1. The Labute approximate surface area is 110 Å². The maximum Gasteiger partial charge on any atom is 0.0471 e. The van der Waals surface area contributed by atoms with E-state index in [0.717, 1.165) is 29.4 Å². The summed E-state index contributed by atoms with van der Waals surface area (Å²) in [5.41, 5.74) is 7.57. The second kappa shape index (κ2) is 6.27. The molecule has 0 aliphatic rings. The molecule has 0 heterocycles. The van der Waals surface area contributed by atoms with Gasteiger partial charge in [-0.05, 0) is 37.5 Å². The molecule has 0 spiro atoms. The lowest BCUT2D eigenvalue weighted by molar-refractivity contribution is 0.189. The van der Waals surface area contributed by atoms with Crippen molar-refractivity contribution in [1.29, 1.82) is 0 Å². The highest BCUT2D eigenvalue weighted by Gasteiger charge is 2.13. The van der Waals surface area contributed by atoms with Gasteiger partial charge in [-0.25, -0.2) is 0 Å². The first-order chi connectivity index (χ1) is 7.90. The van der Waals surface area contributed by atoms with Crippen molar-refractivity contribution in [2.24, 2.45) is 5.92 Å². The SMILES string of the molecule is CC(C)CN(Cc1ccc(N)cc1Cl)C(C)C. The summed E-state index contributed by atoms with van der Waals surface area (Å²) in [5, 5.41) is 0.763. The molecule has 0 bridgehead atoms. The van der Waals surface area contributed by atoms with Gasteiger partial charge in [0.25, 0.3) is 0 Å². The Morgan fingerprint density at radius 2 is 1.88 bits per heavy atom. The molecular weight excluding hydrogens is 232 g/mol. The Kier molecular flexibility index (Phi) is 5.29. The van der Waals surface area contributed by atoms with Gasteiger partial charge in [0.1, 0.15) is 0 Å². The van der Waals surface area contributed by atoms with E-state index in [-0.39, 0.29) is 0 Å². The minimum atomic E-state index is 0.519. The zero-order valence-corrected chi connectivity index (χ0v) is 12.0. The molecule has 0 unspecified atom stereocenters. The molecule has 1 aromatic rings. The van der Waals surface area contributed by atoms with Gasteiger partial charge in [-0.1, -0.05) is 31.5 Å². The molecule has 0 atom stereocenters. The average molecular weight is 255 g/mol. The van der Waals surface area contributed by atoms with Crippen molar-refractivity contribution in [2.75, 3.05) is 12.3 Å². The summed E-state index contributed by atoms with van der Waals surface area (Å²) in [6.45, 7) is 10.9. The summed E-state index contributed by atoms with van der Waals surface area (Å²) in [6, 6.07) is 6.28. The lowest BCUT2D eigenvalue weighted by Gasteiger charge is -2.28. The fraction of sp³-hybridized carbons (Fsp3) is 0.571. The fourth-order valence-corrected chi connectivity index (χ4v) is 2.09. The van der Waals surface area contributed by atoms with Crippen LogP contribution in [0.5, 0.6) is 0 Å². The van der Waals surface area contributed by atoms with Crippen LogP contribution in [0, 0.1) is 5.92 Å². The van der Waals surface area contributed by atoms with E-state index >= 15 is 0 Å². The van der Waals surface area contributed by atoms with E-state index < -0.39 is 0 Å². The summed E-state index contributed by atoms with van der Waals surface area (Å²) in [4.78, 5) is 2.43. The first-order valence-corrected chi connectivity index (χ1v) is 6.56. The molecule has 2 N–H and O–H groups in total. The summed E-state index contributed by atoms with van der Waals surface area (Å²) >= 11 is 6.21. The summed E-state index contributed by atoms with van der Waals surface area (Å²) in [5.74, 6) is 0.657. The van der Waals surface area contributed by atoms with Gasteiger partial charge in [-0.15, -0.1) is 0 Å². The second-order valence-corrected chi connectivity index (χ2v) is 5.68. The van der Waals surface area contributed by atoms with Crippen LogP contribution >= 0.6 is 11.6 Å². The van der Waals surface area contributed by atoms with Gasteiger partial charge in [0.15, 0.2) is 0 Å². The van der Waals surface area contributed by atoms with Gasteiger partial charge in [-0.2, -0.15) is 0 Å². The quantitative estimate of drug-likeness (QED) is 0.810. The molecule has 96 valence electrons. The van der Waals surface area contributed by atoms with Crippen LogP contribution in [0.3, 0.4) is 0 Å². The third-order valence-corrected chi connectivity index (χ3v) is 3.13. The van der Waals surface area contributed by atoms with Crippen LogP contribution in [0.15, 0.2) is 18.2 Å². The van der Waals surface area contributed by atoms with Crippen LogP contribution < -0.4 is 5.73 Å². The van der Waals surface area contributed by atoms with Crippen molar-refractivity contribution in [3.63, 3.8) is 0 Å². The Hall–Kier alpha value is -0.730. The zero-order chi connectivity index (χ0) is 13.0. The molecule has 0 radical (unpaired) electrons.